The number of ether oxygens (including phenoxy) is 1. The van der Waals surface area contributed by atoms with Crippen molar-refractivity contribution in [2.75, 3.05) is 5.32 Å². The van der Waals surface area contributed by atoms with Crippen LogP contribution in [0.1, 0.15) is 41.4 Å². The van der Waals surface area contributed by atoms with Gasteiger partial charge in [-0.2, -0.15) is 0 Å². The maximum Gasteiger partial charge on any atom is 0.349 e. The maximum absolute atomic E-state index is 12.4. The molecule has 26 heavy (non-hydrogen) atoms. The Morgan fingerprint density at radius 2 is 2.23 bits per heavy atom. The summed E-state index contributed by atoms with van der Waals surface area (Å²) in [6.45, 7) is 1.74. The summed E-state index contributed by atoms with van der Waals surface area (Å²) in [7, 11) is 0. The monoisotopic (exact) mass is 434 g/mol. The highest BCUT2D eigenvalue weighted by molar-refractivity contribution is 9.10. The van der Waals surface area contributed by atoms with Crippen molar-refractivity contribution >= 4 is 55.3 Å². The Morgan fingerprint density at radius 3 is 3.00 bits per heavy atom. The van der Waals surface area contributed by atoms with E-state index >= 15 is 0 Å². The molecule has 1 amide bonds. The number of hydrogen-bond donors (Lipinski definition) is 2. The number of nitrogens with zero attached hydrogens (tertiary/aromatic N) is 2. The SMILES string of the molecule is CC(OC(=O)c1ccc(NC(=O)C2CC2)s1)c1nc2ncc(Br)cc2[nH]1. The van der Waals surface area contributed by atoms with E-state index in [4.69, 9.17) is 4.74 Å². The quantitative estimate of drug-likeness (QED) is 0.590. The highest BCUT2D eigenvalue weighted by atomic mass is 79.9. The lowest BCUT2D eigenvalue weighted by Crippen LogP contribution is -2.12. The molecule has 134 valence electrons. The van der Waals surface area contributed by atoms with Crippen molar-refractivity contribution in [2.45, 2.75) is 25.9 Å². The van der Waals surface area contributed by atoms with E-state index in [0.717, 1.165) is 22.8 Å². The summed E-state index contributed by atoms with van der Waals surface area (Å²) < 4.78 is 6.32. The van der Waals surface area contributed by atoms with Crippen LogP contribution in [0, 0.1) is 5.92 Å². The number of anilines is 1. The van der Waals surface area contributed by atoms with E-state index in [1.165, 1.54) is 11.3 Å². The predicted molar refractivity (Wildman–Crippen MR) is 101 cm³/mol. The Hall–Kier alpha value is -2.26. The van der Waals surface area contributed by atoms with E-state index in [2.05, 4.69) is 36.2 Å². The largest absolute Gasteiger partial charge is 0.450 e. The Balaban J connectivity index is 1.43. The number of carbonyl (C=O) groups is 2. The zero-order valence-electron chi connectivity index (χ0n) is 13.8. The molecule has 9 heteroatoms. The number of H-pyrrole nitrogens is 1. The lowest BCUT2D eigenvalue weighted by molar-refractivity contribution is -0.117. The van der Waals surface area contributed by atoms with Crippen LogP contribution < -0.4 is 5.32 Å². The van der Waals surface area contributed by atoms with E-state index in [1.54, 1.807) is 25.3 Å². The molecule has 1 aliphatic carbocycles. The van der Waals surface area contributed by atoms with Crippen LogP contribution in [-0.4, -0.2) is 26.8 Å². The van der Waals surface area contributed by atoms with Crippen LogP contribution in [0.5, 0.6) is 0 Å². The second kappa shape index (κ2) is 6.81. The van der Waals surface area contributed by atoms with Gasteiger partial charge in [0.05, 0.1) is 10.5 Å². The van der Waals surface area contributed by atoms with Crippen LogP contribution in [0.25, 0.3) is 11.2 Å². The predicted octanol–water partition coefficient (Wildman–Crippen LogP) is 4.05. The highest BCUT2D eigenvalue weighted by Gasteiger charge is 2.30. The molecule has 1 unspecified atom stereocenters. The lowest BCUT2D eigenvalue weighted by Gasteiger charge is -2.09. The molecule has 0 saturated heterocycles. The fraction of sp³-hybridized carbons (Fsp3) is 0.294. The zero-order valence-corrected chi connectivity index (χ0v) is 16.2. The van der Waals surface area contributed by atoms with Gasteiger partial charge in [-0.3, -0.25) is 4.79 Å². The molecule has 3 heterocycles. The molecule has 4 rings (SSSR count). The van der Waals surface area contributed by atoms with E-state index in [-0.39, 0.29) is 11.8 Å². The van der Waals surface area contributed by atoms with Crippen LogP contribution in [0.2, 0.25) is 0 Å². The Morgan fingerprint density at radius 1 is 1.42 bits per heavy atom. The molecule has 1 saturated carbocycles. The van der Waals surface area contributed by atoms with Crippen molar-refractivity contribution in [1.29, 1.82) is 0 Å². The molecule has 0 aromatic carbocycles. The van der Waals surface area contributed by atoms with Crippen molar-refractivity contribution < 1.29 is 14.3 Å². The number of imidazole rings is 1. The van der Waals surface area contributed by atoms with Crippen molar-refractivity contribution in [3.63, 3.8) is 0 Å². The molecule has 2 N–H and O–H groups in total. The number of halogens is 1. The number of thiophene rings is 1. The first-order valence-corrected chi connectivity index (χ1v) is 9.73. The molecule has 1 atom stereocenters. The van der Waals surface area contributed by atoms with Gasteiger partial charge in [0.2, 0.25) is 5.91 Å². The molecule has 7 nitrogen and oxygen atoms in total. The molecule has 0 aliphatic heterocycles. The third kappa shape index (κ3) is 3.63. The summed E-state index contributed by atoms with van der Waals surface area (Å²) in [5.74, 6) is 0.206. The van der Waals surface area contributed by atoms with Crippen LogP contribution in [0.15, 0.2) is 28.9 Å². The van der Waals surface area contributed by atoms with Crippen molar-refractivity contribution in [1.82, 2.24) is 15.0 Å². The average molecular weight is 435 g/mol. The van der Waals surface area contributed by atoms with Gasteiger partial charge >= 0.3 is 5.97 Å². The number of aromatic nitrogens is 3. The molecule has 3 aromatic rings. The Kier molecular flexibility index (Phi) is 4.49. The van der Waals surface area contributed by atoms with E-state index in [0.29, 0.717) is 21.3 Å². The number of rotatable bonds is 5. The van der Waals surface area contributed by atoms with E-state index in [1.807, 2.05) is 6.07 Å². The van der Waals surface area contributed by atoms with Crippen LogP contribution in [-0.2, 0) is 9.53 Å². The van der Waals surface area contributed by atoms with Crippen molar-refractivity contribution in [2.24, 2.45) is 5.92 Å². The normalized spacial score (nSPS) is 15.0. The van der Waals surface area contributed by atoms with Gasteiger partial charge in [-0.15, -0.1) is 11.3 Å². The number of amides is 1. The van der Waals surface area contributed by atoms with Gasteiger partial charge in [0.1, 0.15) is 10.7 Å². The van der Waals surface area contributed by atoms with Gasteiger partial charge in [0, 0.05) is 16.6 Å². The topological polar surface area (TPSA) is 97.0 Å². The van der Waals surface area contributed by atoms with Gasteiger partial charge in [-0.1, -0.05) is 0 Å². The number of aromatic amines is 1. The van der Waals surface area contributed by atoms with Gasteiger partial charge in [-0.05, 0) is 53.9 Å². The van der Waals surface area contributed by atoms with Crippen molar-refractivity contribution in [3.05, 3.63) is 39.6 Å². The molecule has 1 fully saturated rings. The minimum Gasteiger partial charge on any atom is -0.450 e. The Bertz CT molecular complexity index is 995. The molecular formula is C17H15BrN4O3S. The third-order valence-electron chi connectivity index (χ3n) is 3.99. The van der Waals surface area contributed by atoms with E-state index in [9.17, 15) is 9.59 Å². The summed E-state index contributed by atoms with van der Waals surface area (Å²) in [5, 5.41) is 3.48. The summed E-state index contributed by atoms with van der Waals surface area (Å²) in [6, 6.07) is 5.23. The minimum atomic E-state index is -0.554. The van der Waals surface area contributed by atoms with Crippen LogP contribution >= 0.6 is 27.3 Å². The number of nitrogens with one attached hydrogen (secondary N) is 2. The molecule has 1 aliphatic rings. The second-order valence-corrected chi connectivity index (χ2v) is 8.12. The Labute approximate surface area is 161 Å². The molecule has 0 spiro atoms. The van der Waals surface area contributed by atoms with Gasteiger partial charge in [-0.25, -0.2) is 14.8 Å². The fourth-order valence-corrected chi connectivity index (χ4v) is 3.57. The first-order chi connectivity index (χ1) is 12.5. The molecule has 3 aromatic heterocycles. The standard InChI is InChI=1S/C17H15BrN4O3S/c1-8(14-20-11-6-10(18)7-19-15(11)22-14)25-17(24)12-4-5-13(26-12)21-16(23)9-2-3-9/h4-9H,2-3H2,1H3,(H,21,23)(H,19,20,22). The first-order valence-electron chi connectivity index (χ1n) is 8.12. The summed E-state index contributed by atoms with van der Waals surface area (Å²) >= 11 is 4.56. The molecule has 0 bridgehead atoms. The lowest BCUT2D eigenvalue weighted by atomic mass is 10.4. The smallest absolute Gasteiger partial charge is 0.349 e. The third-order valence-corrected chi connectivity index (χ3v) is 5.41. The summed E-state index contributed by atoms with van der Waals surface area (Å²) in [4.78, 5) is 36.2. The summed E-state index contributed by atoms with van der Waals surface area (Å²) in [5.41, 5.74) is 1.32. The summed E-state index contributed by atoms with van der Waals surface area (Å²) in [6.07, 6.45) is 2.98. The molecule has 0 radical (unpaired) electrons. The van der Waals surface area contributed by atoms with Crippen LogP contribution in [0.4, 0.5) is 5.00 Å². The van der Waals surface area contributed by atoms with Gasteiger partial charge in [0.15, 0.2) is 11.8 Å². The zero-order chi connectivity index (χ0) is 18.3. The second-order valence-electron chi connectivity index (χ2n) is 6.12. The number of fused-ring (bicyclic) bond motifs is 1. The highest BCUT2D eigenvalue weighted by Crippen LogP contribution is 2.32. The first kappa shape index (κ1) is 17.2. The number of carbonyl (C=O) groups excluding carboxylic acids is 2. The number of esters is 1. The number of pyridine rings is 1. The van der Waals surface area contributed by atoms with Gasteiger partial charge in [0.25, 0.3) is 0 Å². The fourth-order valence-electron chi connectivity index (χ4n) is 2.44. The van der Waals surface area contributed by atoms with Crippen molar-refractivity contribution in [3.8, 4) is 0 Å². The van der Waals surface area contributed by atoms with Gasteiger partial charge < -0.3 is 15.0 Å². The maximum atomic E-state index is 12.4. The molecular weight excluding hydrogens is 420 g/mol. The average Bonchev–Trinajstić information content (AvgIpc) is 3.21. The van der Waals surface area contributed by atoms with Crippen LogP contribution in [0.3, 0.4) is 0 Å². The number of hydrogen-bond acceptors (Lipinski definition) is 6. The van der Waals surface area contributed by atoms with E-state index < -0.39 is 12.1 Å². The minimum absolute atomic E-state index is 0.0149.